The third kappa shape index (κ3) is 3.13. The van der Waals surface area contributed by atoms with Gasteiger partial charge in [0.2, 0.25) is 0 Å². The van der Waals surface area contributed by atoms with Gasteiger partial charge in [-0.1, -0.05) is 29.6 Å². The zero-order chi connectivity index (χ0) is 13.2. The fourth-order valence-corrected chi connectivity index (χ4v) is 4.36. The topological polar surface area (TPSA) is 3.24 Å². The maximum absolute atomic E-state index is 6.59. The van der Waals surface area contributed by atoms with Crippen LogP contribution in [0, 0.1) is 0 Å². The summed E-state index contributed by atoms with van der Waals surface area (Å²) in [5.41, 5.74) is 2.46. The molecule has 0 spiro atoms. The number of hydrogen-bond donors (Lipinski definition) is 0. The van der Waals surface area contributed by atoms with E-state index in [9.17, 15) is 0 Å². The summed E-state index contributed by atoms with van der Waals surface area (Å²) in [4.78, 5) is 3.77. The summed E-state index contributed by atoms with van der Waals surface area (Å²) in [5.74, 6) is 1.00. The first-order valence-corrected chi connectivity index (χ1v) is 8.51. The Morgan fingerprint density at radius 3 is 2.68 bits per heavy atom. The van der Waals surface area contributed by atoms with Gasteiger partial charge < -0.3 is 0 Å². The summed E-state index contributed by atoms with van der Waals surface area (Å²) in [6.45, 7) is 3.43. The Hall–Kier alpha value is -0.150. The molecule has 0 bridgehead atoms. The van der Waals surface area contributed by atoms with E-state index in [4.69, 9.17) is 23.2 Å². The summed E-state index contributed by atoms with van der Waals surface area (Å²) < 4.78 is 0. The molecule has 0 atom stereocenters. The smallest absolute Gasteiger partial charge is 0.0503 e. The van der Waals surface area contributed by atoms with Gasteiger partial charge in [0, 0.05) is 27.8 Å². The van der Waals surface area contributed by atoms with Crippen molar-refractivity contribution in [3.05, 3.63) is 34.4 Å². The van der Waals surface area contributed by atoms with Gasteiger partial charge in [0.25, 0.3) is 0 Å². The van der Waals surface area contributed by atoms with Gasteiger partial charge in [0.05, 0.1) is 5.03 Å². The third-order valence-corrected chi connectivity index (χ3v) is 5.62. The molecule has 1 fully saturated rings. The zero-order valence-corrected chi connectivity index (χ0v) is 13.1. The largest absolute Gasteiger partial charge is 0.299 e. The van der Waals surface area contributed by atoms with Crippen LogP contribution in [-0.4, -0.2) is 30.3 Å². The summed E-state index contributed by atoms with van der Waals surface area (Å²) >= 11 is 14.5. The molecule has 0 saturated carbocycles. The Balaban J connectivity index is 1.83. The zero-order valence-electron chi connectivity index (χ0n) is 10.8. The highest BCUT2D eigenvalue weighted by Gasteiger charge is 2.21. The number of rotatable bonds is 2. The summed E-state index contributed by atoms with van der Waals surface area (Å²) in [5, 5.41) is 1.68. The highest BCUT2D eigenvalue weighted by Crippen LogP contribution is 2.40. The minimum Gasteiger partial charge on any atom is -0.299 e. The molecule has 19 heavy (non-hydrogen) atoms. The Bertz CT molecular complexity index is 507. The molecule has 0 N–H and O–H groups in total. The van der Waals surface area contributed by atoms with Crippen molar-refractivity contribution < 1.29 is 0 Å². The molecule has 0 amide bonds. The Morgan fingerprint density at radius 1 is 1.11 bits per heavy atom. The Morgan fingerprint density at radius 2 is 1.89 bits per heavy atom. The SMILES string of the molecule is ClC1=C(CN2CCCCC2)CSc2ccc(Cl)cc21. The van der Waals surface area contributed by atoms with Gasteiger partial charge in [-0.25, -0.2) is 0 Å². The van der Waals surface area contributed by atoms with Crippen molar-refractivity contribution in [2.75, 3.05) is 25.4 Å². The number of nitrogens with zero attached hydrogens (tertiary/aromatic N) is 1. The maximum Gasteiger partial charge on any atom is 0.0503 e. The second-order valence-corrected chi connectivity index (χ2v) is 7.02. The van der Waals surface area contributed by atoms with Gasteiger partial charge >= 0.3 is 0 Å². The molecule has 0 aliphatic carbocycles. The van der Waals surface area contributed by atoms with E-state index in [1.54, 1.807) is 0 Å². The molecule has 2 heterocycles. The molecule has 2 aliphatic heterocycles. The van der Waals surface area contributed by atoms with E-state index in [1.807, 2.05) is 23.9 Å². The first kappa shape index (κ1) is 13.8. The lowest BCUT2D eigenvalue weighted by Gasteiger charge is -2.29. The van der Waals surface area contributed by atoms with E-state index in [-0.39, 0.29) is 0 Å². The fraction of sp³-hybridized carbons (Fsp3) is 0.467. The van der Waals surface area contributed by atoms with E-state index in [2.05, 4.69) is 11.0 Å². The summed E-state index contributed by atoms with van der Waals surface area (Å²) in [6.07, 6.45) is 4.01. The molecule has 102 valence electrons. The van der Waals surface area contributed by atoms with Crippen molar-refractivity contribution in [3.8, 4) is 0 Å². The number of piperidine rings is 1. The minimum atomic E-state index is 0.761. The van der Waals surface area contributed by atoms with Gasteiger partial charge in [0.15, 0.2) is 0 Å². The average molecular weight is 314 g/mol. The molecule has 3 rings (SSSR count). The van der Waals surface area contributed by atoms with Crippen LogP contribution >= 0.6 is 35.0 Å². The van der Waals surface area contributed by atoms with Crippen LogP contribution in [-0.2, 0) is 0 Å². The maximum atomic E-state index is 6.59. The van der Waals surface area contributed by atoms with E-state index in [0.29, 0.717) is 0 Å². The molecule has 1 aromatic carbocycles. The van der Waals surface area contributed by atoms with Crippen LogP contribution in [0.5, 0.6) is 0 Å². The molecule has 4 heteroatoms. The number of fused-ring (bicyclic) bond motifs is 1. The van der Waals surface area contributed by atoms with Crippen molar-refractivity contribution in [2.45, 2.75) is 24.2 Å². The fourth-order valence-electron chi connectivity index (χ4n) is 2.72. The normalized spacial score (nSPS) is 20.5. The number of hydrogen-bond acceptors (Lipinski definition) is 2. The predicted molar refractivity (Wildman–Crippen MR) is 85.2 cm³/mol. The monoisotopic (exact) mass is 313 g/mol. The first-order chi connectivity index (χ1) is 9.24. The molecule has 2 aliphatic rings. The van der Waals surface area contributed by atoms with Gasteiger partial charge in [-0.15, -0.1) is 11.8 Å². The van der Waals surface area contributed by atoms with Crippen LogP contribution in [0.15, 0.2) is 28.7 Å². The first-order valence-electron chi connectivity index (χ1n) is 6.76. The van der Waals surface area contributed by atoms with Crippen LogP contribution in [0.1, 0.15) is 24.8 Å². The van der Waals surface area contributed by atoms with Crippen molar-refractivity contribution in [3.63, 3.8) is 0 Å². The second-order valence-electron chi connectivity index (χ2n) is 5.18. The second kappa shape index (κ2) is 6.09. The standard InChI is InChI=1S/C15H17Cl2NS/c16-12-4-5-14-13(8-12)15(17)11(10-19-14)9-18-6-2-1-3-7-18/h4-5,8H,1-3,6-7,9-10H2. The van der Waals surface area contributed by atoms with Crippen molar-refractivity contribution in [2.24, 2.45) is 0 Å². The molecular formula is C15H17Cl2NS. The number of halogens is 2. The van der Waals surface area contributed by atoms with Crippen LogP contribution in [0.3, 0.4) is 0 Å². The Labute approximate surface area is 129 Å². The number of likely N-dealkylation sites (tertiary alicyclic amines) is 1. The highest BCUT2D eigenvalue weighted by molar-refractivity contribution is 7.99. The molecule has 0 aromatic heterocycles. The quantitative estimate of drug-likeness (QED) is 0.765. The van der Waals surface area contributed by atoms with Gasteiger partial charge in [-0.3, -0.25) is 4.90 Å². The molecule has 1 nitrogen and oxygen atoms in total. The lowest BCUT2D eigenvalue weighted by atomic mass is 10.1. The molecule has 0 unspecified atom stereocenters. The van der Waals surface area contributed by atoms with Crippen LogP contribution < -0.4 is 0 Å². The summed E-state index contributed by atoms with van der Waals surface area (Å²) in [7, 11) is 0. The highest BCUT2D eigenvalue weighted by atomic mass is 35.5. The van der Waals surface area contributed by atoms with Crippen LogP contribution in [0.4, 0.5) is 0 Å². The number of benzene rings is 1. The van der Waals surface area contributed by atoms with Gasteiger partial charge in [-0.2, -0.15) is 0 Å². The lowest BCUT2D eigenvalue weighted by molar-refractivity contribution is 0.247. The van der Waals surface area contributed by atoms with Gasteiger partial charge in [-0.05, 0) is 49.7 Å². The predicted octanol–water partition coefficient (Wildman–Crippen LogP) is 4.88. The van der Waals surface area contributed by atoms with Crippen molar-refractivity contribution in [1.82, 2.24) is 4.90 Å². The van der Waals surface area contributed by atoms with Crippen LogP contribution in [0.25, 0.3) is 5.03 Å². The molecule has 1 aromatic rings. The lowest BCUT2D eigenvalue weighted by Crippen LogP contribution is -2.32. The molecular weight excluding hydrogens is 297 g/mol. The van der Waals surface area contributed by atoms with Gasteiger partial charge in [0.1, 0.15) is 0 Å². The van der Waals surface area contributed by atoms with Crippen LogP contribution in [0.2, 0.25) is 5.02 Å². The molecule has 1 saturated heterocycles. The van der Waals surface area contributed by atoms with E-state index < -0.39 is 0 Å². The Kier molecular flexibility index (Phi) is 4.43. The van der Waals surface area contributed by atoms with Crippen molar-refractivity contribution in [1.29, 1.82) is 0 Å². The van der Waals surface area contributed by atoms with E-state index in [1.165, 1.54) is 42.8 Å². The van der Waals surface area contributed by atoms with Crippen molar-refractivity contribution >= 4 is 40.0 Å². The summed E-state index contributed by atoms with van der Waals surface area (Å²) in [6, 6.07) is 6.00. The minimum absolute atomic E-state index is 0.761. The van der Waals surface area contributed by atoms with E-state index >= 15 is 0 Å². The molecule has 0 radical (unpaired) electrons. The van der Waals surface area contributed by atoms with E-state index in [0.717, 1.165) is 27.9 Å². The number of thioether (sulfide) groups is 1. The average Bonchev–Trinajstić information content (AvgIpc) is 2.44. The third-order valence-electron chi connectivity index (χ3n) is 3.75.